The summed E-state index contributed by atoms with van der Waals surface area (Å²) in [6.45, 7) is 7.61. The number of aliphatic hydroxyl groups is 1. The lowest BCUT2D eigenvalue weighted by Gasteiger charge is -2.26. The summed E-state index contributed by atoms with van der Waals surface area (Å²) in [6.07, 6.45) is 2.45. The summed E-state index contributed by atoms with van der Waals surface area (Å²) in [7, 11) is 0. The molecule has 3 heteroatoms. The predicted octanol–water partition coefficient (Wildman–Crippen LogP) is 3.12. The fraction of sp³-hybridized carbons (Fsp3) is 0.611. The van der Waals surface area contributed by atoms with Crippen LogP contribution in [-0.4, -0.2) is 35.6 Å². The largest absolute Gasteiger partial charge is 0.395 e. The van der Waals surface area contributed by atoms with Gasteiger partial charge < -0.3 is 10.0 Å². The minimum absolute atomic E-state index is 0.0268. The van der Waals surface area contributed by atoms with Crippen LogP contribution in [0.1, 0.15) is 39.2 Å². The molecule has 0 saturated carbocycles. The quantitative estimate of drug-likeness (QED) is 0.759. The summed E-state index contributed by atoms with van der Waals surface area (Å²) in [5.74, 6) is 1.11. The van der Waals surface area contributed by atoms with Crippen molar-refractivity contribution in [3.8, 4) is 0 Å². The van der Waals surface area contributed by atoms with Gasteiger partial charge in [-0.15, -0.1) is 0 Å². The molecule has 0 saturated heterocycles. The van der Waals surface area contributed by atoms with E-state index < -0.39 is 0 Å². The van der Waals surface area contributed by atoms with Gasteiger partial charge in [0.1, 0.15) is 0 Å². The van der Waals surface area contributed by atoms with Crippen LogP contribution < -0.4 is 0 Å². The van der Waals surface area contributed by atoms with E-state index >= 15 is 0 Å². The highest BCUT2D eigenvalue weighted by Gasteiger charge is 2.20. The maximum Gasteiger partial charge on any atom is 0.222 e. The van der Waals surface area contributed by atoms with Gasteiger partial charge in [0.15, 0.2) is 0 Å². The molecular formula is C18H29NO2. The lowest BCUT2D eigenvalue weighted by molar-refractivity contribution is -0.133. The van der Waals surface area contributed by atoms with E-state index in [0.29, 0.717) is 31.3 Å². The van der Waals surface area contributed by atoms with Crippen molar-refractivity contribution in [3.63, 3.8) is 0 Å². The third kappa shape index (κ3) is 6.30. The molecule has 0 aliphatic carbocycles. The molecule has 1 aromatic rings. The van der Waals surface area contributed by atoms with E-state index in [4.69, 9.17) is 0 Å². The first kappa shape index (κ1) is 17.7. The Morgan fingerprint density at radius 3 is 2.38 bits per heavy atom. The van der Waals surface area contributed by atoms with Gasteiger partial charge in [0.05, 0.1) is 6.61 Å². The molecule has 1 amide bonds. The Kier molecular flexibility index (Phi) is 8.06. The van der Waals surface area contributed by atoms with E-state index in [2.05, 4.69) is 32.9 Å². The van der Waals surface area contributed by atoms with E-state index in [9.17, 15) is 9.90 Å². The molecule has 0 aliphatic rings. The molecule has 1 N–H and O–H groups in total. The highest BCUT2D eigenvalue weighted by Crippen LogP contribution is 2.20. The molecule has 0 aliphatic heterocycles. The number of rotatable bonds is 9. The average molecular weight is 291 g/mol. The molecule has 3 nitrogen and oxygen atoms in total. The van der Waals surface area contributed by atoms with Crippen LogP contribution in [0.5, 0.6) is 0 Å². The zero-order valence-electron chi connectivity index (χ0n) is 13.6. The predicted molar refractivity (Wildman–Crippen MR) is 87.0 cm³/mol. The molecule has 21 heavy (non-hydrogen) atoms. The standard InChI is InChI=1S/C18H29NO2/c1-4-17(15(2)3)14-18(21)19(12-13-20)11-10-16-8-6-5-7-9-16/h5-9,15,17,20H,4,10-14H2,1-3H3. The van der Waals surface area contributed by atoms with Gasteiger partial charge in [0, 0.05) is 19.5 Å². The Balaban J connectivity index is 2.57. The summed E-state index contributed by atoms with van der Waals surface area (Å²) < 4.78 is 0. The minimum atomic E-state index is 0.0268. The smallest absolute Gasteiger partial charge is 0.222 e. The van der Waals surface area contributed by atoms with Gasteiger partial charge in [-0.25, -0.2) is 0 Å². The zero-order valence-corrected chi connectivity index (χ0v) is 13.6. The molecule has 1 unspecified atom stereocenters. The van der Waals surface area contributed by atoms with Crippen molar-refractivity contribution in [1.29, 1.82) is 0 Å². The Morgan fingerprint density at radius 2 is 1.86 bits per heavy atom. The number of hydrogen-bond acceptors (Lipinski definition) is 2. The number of aliphatic hydroxyl groups excluding tert-OH is 1. The molecule has 0 spiro atoms. The second-order valence-corrected chi connectivity index (χ2v) is 5.96. The molecule has 1 rings (SSSR count). The molecule has 0 bridgehead atoms. The molecule has 1 atom stereocenters. The minimum Gasteiger partial charge on any atom is -0.395 e. The summed E-state index contributed by atoms with van der Waals surface area (Å²) in [5, 5.41) is 9.19. The Hall–Kier alpha value is -1.35. The van der Waals surface area contributed by atoms with Crippen molar-refractivity contribution in [2.24, 2.45) is 11.8 Å². The van der Waals surface area contributed by atoms with Gasteiger partial charge in [-0.2, -0.15) is 0 Å². The number of carbonyl (C=O) groups excluding carboxylic acids is 1. The van der Waals surface area contributed by atoms with E-state index in [1.165, 1.54) is 5.56 Å². The van der Waals surface area contributed by atoms with E-state index in [1.54, 1.807) is 4.90 Å². The van der Waals surface area contributed by atoms with Gasteiger partial charge in [0.2, 0.25) is 5.91 Å². The van der Waals surface area contributed by atoms with Crippen molar-refractivity contribution in [1.82, 2.24) is 4.90 Å². The second kappa shape index (κ2) is 9.56. The topological polar surface area (TPSA) is 40.5 Å². The highest BCUT2D eigenvalue weighted by atomic mass is 16.3. The monoisotopic (exact) mass is 291 g/mol. The molecule has 118 valence electrons. The second-order valence-electron chi connectivity index (χ2n) is 5.96. The average Bonchev–Trinajstić information content (AvgIpc) is 2.49. The number of carbonyl (C=O) groups is 1. The number of hydrogen-bond donors (Lipinski definition) is 1. The summed E-state index contributed by atoms with van der Waals surface area (Å²) >= 11 is 0. The van der Waals surface area contributed by atoms with Crippen LogP contribution >= 0.6 is 0 Å². The summed E-state index contributed by atoms with van der Waals surface area (Å²) in [4.78, 5) is 14.2. The van der Waals surface area contributed by atoms with Gasteiger partial charge >= 0.3 is 0 Å². The van der Waals surface area contributed by atoms with E-state index in [0.717, 1.165) is 12.8 Å². The number of benzene rings is 1. The van der Waals surface area contributed by atoms with Crippen LogP contribution in [0.4, 0.5) is 0 Å². The van der Waals surface area contributed by atoms with Gasteiger partial charge in [-0.3, -0.25) is 4.79 Å². The van der Waals surface area contributed by atoms with Crippen molar-refractivity contribution < 1.29 is 9.90 Å². The lowest BCUT2D eigenvalue weighted by atomic mass is 9.89. The third-order valence-corrected chi connectivity index (χ3v) is 4.14. The first-order chi connectivity index (χ1) is 10.1. The normalized spacial score (nSPS) is 12.4. The van der Waals surface area contributed by atoms with Crippen LogP contribution in [-0.2, 0) is 11.2 Å². The summed E-state index contributed by atoms with van der Waals surface area (Å²) in [6, 6.07) is 10.2. The first-order valence-corrected chi connectivity index (χ1v) is 8.01. The molecule has 0 fully saturated rings. The zero-order chi connectivity index (χ0) is 15.7. The van der Waals surface area contributed by atoms with Gasteiger partial charge in [0.25, 0.3) is 0 Å². The van der Waals surface area contributed by atoms with Crippen LogP contribution in [0.2, 0.25) is 0 Å². The fourth-order valence-corrected chi connectivity index (χ4v) is 2.60. The molecule has 0 radical (unpaired) electrons. The van der Waals surface area contributed by atoms with Gasteiger partial charge in [-0.1, -0.05) is 57.5 Å². The molecule has 0 heterocycles. The Labute approximate surface area is 129 Å². The van der Waals surface area contributed by atoms with Crippen LogP contribution in [0.15, 0.2) is 30.3 Å². The Morgan fingerprint density at radius 1 is 1.19 bits per heavy atom. The van der Waals surface area contributed by atoms with Crippen molar-refractivity contribution in [2.75, 3.05) is 19.7 Å². The first-order valence-electron chi connectivity index (χ1n) is 8.01. The molecular weight excluding hydrogens is 262 g/mol. The van der Waals surface area contributed by atoms with Crippen molar-refractivity contribution >= 4 is 5.91 Å². The Bertz CT molecular complexity index is 403. The summed E-state index contributed by atoms with van der Waals surface area (Å²) in [5.41, 5.74) is 1.23. The number of amides is 1. The fourth-order valence-electron chi connectivity index (χ4n) is 2.60. The van der Waals surface area contributed by atoms with Crippen LogP contribution in [0, 0.1) is 11.8 Å². The van der Waals surface area contributed by atoms with Crippen molar-refractivity contribution in [3.05, 3.63) is 35.9 Å². The maximum atomic E-state index is 12.4. The third-order valence-electron chi connectivity index (χ3n) is 4.14. The van der Waals surface area contributed by atoms with Crippen LogP contribution in [0.25, 0.3) is 0 Å². The van der Waals surface area contributed by atoms with E-state index in [-0.39, 0.29) is 12.5 Å². The molecule has 0 aromatic heterocycles. The van der Waals surface area contributed by atoms with E-state index in [1.807, 2.05) is 18.2 Å². The SMILES string of the molecule is CCC(CC(=O)N(CCO)CCc1ccccc1)C(C)C. The van der Waals surface area contributed by atoms with Crippen molar-refractivity contribution in [2.45, 2.75) is 40.0 Å². The highest BCUT2D eigenvalue weighted by molar-refractivity contribution is 5.76. The maximum absolute atomic E-state index is 12.4. The molecule has 1 aromatic carbocycles. The number of nitrogens with zero attached hydrogens (tertiary/aromatic N) is 1. The lowest BCUT2D eigenvalue weighted by Crippen LogP contribution is -2.36. The van der Waals surface area contributed by atoms with Gasteiger partial charge in [-0.05, 0) is 23.8 Å². The van der Waals surface area contributed by atoms with Crippen LogP contribution in [0.3, 0.4) is 0 Å².